The van der Waals surface area contributed by atoms with Crippen LogP contribution in [0, 0.1) is 5.92 Å². The molecule has 3 aromatic rings. The van der Waals surface area contributed by atoms with Crippen LogP contribution < -0.4 is 9.80 Å². The van der Waals surface area contributed by atoms with E-state index in [1.165, 1.54) is 0 Å². The van der Waals surface area contributed by atoms with Gasteiger partial charge in [-0.05, 0) is 43.9 Å². The summed E-state index contributed by atoms with van der Waals surface area (Å²) in [5.74, 6) is 2.61. The predicted octanol–water partition coefficient (Wildman–Crippen LogP) is 2.09. The number of ether oxygens (including phenoxy) is 1. The number of aromatic amines is 1. The summed E-state index contributed by atoms with van der Waals surface area (Å²) in [6, 6.07) is 5.90. The van der Waals surface area contributed by atoms with Gasteiger partial charge in [0.1, 0.15) is 11.5 Å². The first-order valence-electron chi connectivity index (χ1n) is 12.3. The van der Waals surface area contributed by atoms with Crippen molar-refractivity contribution in [3.05, 3.63) is 24.4 Å². The van der Waals surface area contributed by atoms with Crippen molar-refractivity contribution in [3.63, 3.8) is 0 Å². The van der Waals surface area contributed by atoms with Crippen molar-refractivity contribution in [2.75, 3.05) is 62.3 Å². The Morgan fingerprint density at radius 2 is 1.79 bits per heavy atom. The molecule has 3 aromatic heterocycles. The molecule has 1 atom stereocenters. The molecule has 0 aliphatic carbocycles. The van der Waals surface area contributed by atoms with Crippen LogP contribution in [0.2, 0.25) is 0 Å². The Labute approximate surface area is 198 Å². The summed E-state index contributed by atoms with van der Waals surface area (Å²) >= 11 is 0. The first kappa shape index (κ1) is 21.3. The predicted molar refractivity (Wildman–Crippen MR) is 129 cm³/mol. The summed E-state index contributed by atoms with van der Waals surface area (Å²) < 4.78 is 5.43. The number of likely N-dealkylation sites (tertiary alicyclic amines) is 1. The Hall–Kier alpha value is -3.27. The molecule has 178 valence electrons. The number of aromatic nitrogens is 5. The van der Waals surface area contributed by atoms with Gasteiger partial charge in [-0.15, -0.1) is 0 Å². The number of amides is 1. The molecule has 34 heavy (non-hydrogen) atoms. The van der Waals surface area contributed by atoms with Gasteiger partial charge < -0.3 is 24.4 Å². The number of piperidine rings is 1. The van der Waals surface area contributed by atoms with Crippen molar-refractivity contribution in [1.29, 1.82) is 0 Å². The van der Waals surface area contributed by atoms with Gasteiger partial charge in [-0.25, -0.2) is 19.9 Å². The van der Waals surface area contributed by atoms with Gasteiger partial charge in [0.2, 0.25) is 11.9 Å². The number of morpholine rings is 1. The second-order valence-electron chi connectivity index (χ2n) is 9.28. The van der Waals surface area contributed by atoms with E-state index < -0.39 is 0 Å². The van der Waals surface area contributed by atoms with Crippen LogP contribution in [0.15, 0.2) is 24.4 Å². The average Bonchev–Trinajstić information content (AvgIpc) is 3.59. The zero-order valence-corrected chi connectivity index (χ0v) is 19.3. The number of pyridine rings is 1. The van der Waals surface area contributed by atoms with Crippen molar-refractivity contribution in [2.45, 2.75) is 25.7 Å². The van der Waals surface area contributed by atoms with Gasteiger partial charge in [-0.3, -0.25) is 4.79 Å². The number of carbonyl (C=O) groups is 1. The maximum absolute atomic E-state index is 12.9. The molecule has 1 N–H and O–H groups in total. The molecule has 3 saturated heterocycles. The van der Waals surface area contributed by atoms with Crippen molar-refractivity contribution >= 4 is 28.8 Å². The molecular weight excluding hydrogens is 432 g/mol. The summed E-state index contributed by atoms with van der Waals surface area (Å²) in [5.41, 5.74) is 2.27. The van der Waals surface area contributed by atoms with Gasteiger partial charge >= 0.3 is 0 Å². The van der Waals surface area contributed by atoms with Crippen LogP contribution in [0.4, 0.5) is 11.8 Å². The molecular formula is C24H30N8O2. The third-order valence-electron chi connectivity index (χ3n) is 7.02. The molecule has 0 spiro atoms. The number of hydrogen-bond donors (Lipinski definition) is 1. The number of hydrogen-bond acceptors (Lipinski definition) is 8. The van der Waals surface area contributed by atoms with Crippen LogP contribution in [0.1, 0.15) is 25.7 Å². The first-order chi connectivity index (χ1) is 16.7. The maximum Gasteiger partial charge on any atom is 0.227 e. The Morgan fingerprint density at radius 1 is 0.941 bits per heavy atom. The molecule has 0 saturated carbocycles. The van der Waals surface area contributed by atoms with E-state index in [0.717, 1.165) is 82.0 Å². The highest BCUT2D eigenvalue weighted by Gasteiger charge is 2.31. The maximum atomic E-state index is 12.9. The van der Waals surface area contributed by atoms with Crippen LogP contribution in [-0.2, 0) is 9.53 Å². The summed E-state index contributed by atoms with van der Waals surface area (Å²) in [5, 5.41) is 0. The molecule has 6 rings (SSSR count). The highest BCUT2D eigenvalue weighted by molar-refractivity contribution is 5.80. The molecule has 0 unspecified atom stereocenters. The van der Waals surface area contributed by atoms with Crippen molar-refractivity contribution < 1.29 is 9.53 Å². The average molecular weight is 463 g/mol. The minimum Gasteiger partial charge on any atom is -0.378 e. The number of nitrogens with one attached hydrogen (secondary N) is 1. The van der Waals surface area contributed by atoms with Gasteiger partial charge in [0.25, 0.3) is 0 Å². The number of H-pyrrole nitrogens is 1. The number of fused-ring (bicyclic) bond motifs is 1. The van der Waals surface area contributed by atoms with E-state index in [2.05, 4.69) is 19.8 Å². The van der Waals surface area contributed by atoms with Crippen LogP contribution in [-0.4, -0.2) is 88.2 Å². The molecule has 3 aliphatic heterocycles. The second kappa shape index (κ2) is 9.17. The Bertz CT molecular complexity index is 1170. The lowest BCUT2D eigenvalue weighted by atomic mass is 9.96. The molecule has 0 bridgehead atoms. The van der Waals surface area contributed by atoms with Crippen molar-refractivity contribution in [3.8, 4) is 11.5 Å². The molecule has 0 aromatic carbocycles. The fourth-order valence-corrected chi connectivity index (χ4v) is 5.16. The quantitative estimate of drug-likeness (QED) is 0.629. The van der Waals surface area contributed by atoms with Crippen LogP contribution in [0.5, 0.6) is 0 Å². The summed E-state index contributed by atoms with van der Waals surface area (Å²) in [6.45, 7) is 6.39. The van der Waals surface area contributed by atoms with E-state index in [9.17, 15) is 4.79 Å². The number of anilines is 2. The van der Waals surface area contributed by atoms with E-state index >= 15 is 0 Å². The molecule has 10 nitrogen and oxygen atoms in total. The van der Waals surface area contributed by atoms with E-state index in [1.54, 1.807) is 6.20 Å². The largest absolute Gasteiger partial charge is 0.378 e. The monoisotopic (exact) mass is 462 g/mol. The summed E-state index contributed by atoms with van der Waals surface area (Å²) in [4.78, 5) is 41.4. The van der Waals surface area contributed by atoms with Crippen LogP contribution >= 0.6 is 0 Å². The number of imidazole rings is 1. The van der Waals surface area contributed by atoms with Crippen molar-refractivity contribution in [2.24, 2.45) is 5.92 Å². The normalized spacial score (nSPS) is 21.4. The zero-order chi connectivity index (χ0) is 22.9. The van der Waals surface area contributed by atoms with Gasteiger partial charge in [-0.2, -0.15) is 0 Å². The molecule has 10 heteroatoms. The van der Waals surface area contributed by atoms with Crippen molar-refractivity contribution in [1.82, 2.24) is 29.8 Å². The van der Waals surface area contributed by atoms with E-state index in [1.807, 2.05) is 23.1 Å². The Morgan fingerprint density at radius 3 is 2.65 bits per heavy atom. The number of rotatable bonds is 4. The number of nitrogens with zero attached hydrogens (tertiary/aromatic N) is 7. The molecule has 6 heterocycles. The fraction of sp³-hybridized carbons (Fsp3) is 0.542. The van der Waals surface area contributed by atoms with Gasteiger partial charge in [-0.1, -0.05) is 0 Å². The third kappa shape index (κ3) is 4.18. The summed E-state index contributed by atoms with van der Waals surface area (Å²) in [7, 11) is 0. The van der Waals surface area contributed by atoms with Gasteiger partial charge in [0, 0.05) is 45.5 Å². The van der Waals surface area contributed by atoms with Gasteiger partial charge in [0.05, 0.1) is 24.6 Å². The standard InChI is InChI=1S/C24H30N8O2/c33-23(30-9-1-2-10-30)17-4-3-11-32(16-17)20-6-5-18-22(28-20)29-21(26-18)19-7-8-25-24(27-19)31-12-14-34-15-13-31/h5-8,17H,1-4,9-16H2,(H,26,28,29)/t17-/m1/s1. The fourth-order valence-electron chi connectivity index (χ4n) is 5.16. The molecule has 0 radical (unpaired) electrons. The SMILES string of the molecule is O=C([C@@H]1CCCN(c2ccc3[nH]c(-c4ccnc(N5CCOCC5)n4)nc3n2)C1)N1CCCC1. The highest BCUT2D eigenvalue weighted by Crippen LogP contribution is 2.27. The lowest BCUT2D eigenvalue weighted by Crippen LogP contribution is -2.44. The highest BCUT2D eigenvalue weighted by atomic mass is 16.5. The lowest BCUT2D eigenvalue weighted by Gasteiger charge is -2.34. The zero-order valence-electron chi connectivity index (χ0n) is 19.3. The minimum atomic E-state index is 0.0544. The van der Waals surface area contributed by atoms with E-state index in [0.29, 0.717) is 36.5 Å². The molecule has 1 amide bonds. The van der Waals surface area contributed by atoms with Crippen LogP contribution in [0.25, 0.3) is 22.7 Å². The summed E-state index contributed by atoms with van der Waals surface area (Å²) in [6.07, 6.45) is 5.98. The van der Waals surface area contributed by atoms with Gasteiger partial charge in [0.15, 0.2) is 11.5 Å². The molecule has 3 aliphatic rings. The minimum absolute atomic E-state index is 0.0544. The Balaban J connectivity index is 1.21. The lowest BCUT2D eigenvalue weighted by molar-refractivity contribution is -0.134. The molecule has 3 fully saturated rings. The third-order valence-corrected chi connectivity index (χ3v) is 7.02. The number of carbonyl (C=O) groups excluding carboxylic acids is 1. The smallest absolute Gasteiger partial charge is 0.227 e. The topological polar surface area (TPSA) is 103 Å². The first-order valence-corrected chi connectivity index (χ1v) is 12.3. The van der Waals surface area contributed by atoms with Crippen LogP contribution in [0.3, 0.4) is 0 Å². The Kier molecular flexibility index (Phi) is 5.74. The van der Waals surface area contributed by atoms with E-state index in [4.69, 9.17) is 19.7 Å². The second-order valence-corrected chi connectivity index (χ2v) is 9.28. The van der Waals surface area contributed by atoms with E-state index in [-0.39, 0.29) is 5.92 Å².